The Morgan fingerprint density at radius 2 is 1.72 bits per heavy atom. The minimum Gasteiger partial charge on any atom is -0.484 e. The highest BCUT2D eigenvalue weighted by molar-refractivity contribution is 6.31. The lowest BCUT2D eigenvalue weighted by Gasteiger charge is -2.11. The molecule has 32 heavy (non-hydrogen) atoms. The van der Waals surface area contributed by atoms with Crippen molar-refractivity contribution in [1.29, 1.82) is 0 Å². The highest BCUT2D eigenvalue weighted by Gasteiger charge is 2.12. The molecular formula is C25H26ClN3O3. The van der Waals surface area contributed by atoms with Crippen molar-refractivity contribution in [1.82, 2.24) is 14.7 Å². The maximum atomic E-state index is 12.6. The summed E-state index contributed by atoms with van der Waals surface area (Å²) < 4.78 is 7.16. The molecular weight excluding hydrogens is 426 g/mol. The first-order chi connectivity index (χ1) is 15.2. The Morgan fingerprint density at radius 1 is 1.06 bits per heavy atom. The van der Waals surface area contributed by atoms with Gasteiger partial charge in [-0.3, -0.25) is 9.59 Å². The zero-order valence-corrected chi connectivity index (χ0v) is 19.4. The SMILES string of the molecule is Cc1ccc(Cn2nc(C)c(C=CC(=O)c3ccc(OCC(=O)N(C)C)cc3)c2Cl)cc1. The average molecular weight is 452 g/mol. The van der Waals surface area contributed by atoms with E-state index in [2.05, 4.69) is 17.2 Å². The van der Waals surface area contributed by atoms with Crippen LogP contribution in [-0.4, -0.2) is 47.1 Å². The van der Waals surface area contributed by atoms with Crippen molar-refractivity contribution in [3.8, 4) is 5.75 Å². The Morgan fingerprint density at radius 3 is 2.34 bits per heavy atom. The van der Waals surface area contributed by atoms with Gasteiger partial charge in [0, 0.05) is 25.2 Å². The van der Waals surface area contributed by atoms with Crippen molar-refractivity contribution in [2.45, 2.75) is 20.4 Å². The van der Waals surface area contributed by atoms with Crippen LogP contribution >= 0.6 is 11.6 Å². The smallest absolute Gasteiger partial charge is 0.259 e. The molecule has 1 aromatic heterocycles. The molecule has 0 aliphatic carbocycles. The number of aryl methyl sites for hydroxylation is 2. The molecule has 1 heterocycles. The van der Waals surface area contributed by atoms with Crippen molar-refractivity contribution >= 4 is 29.4 Å². The van der Waals surface area contributed by atoms with E-state index in [1.165, 1.54) is 16.5 Å². The summed E-state index contributed by atoms with van der Waals surface area (Å²) in [7, 11) is 3.33. The van der Waals surface area contributed by atoms with E-state index < -0.39 is 0 Å². The van der Waals surface area contributed by atoms with Crippen LogP contribution < -0.4 is 4.74 Å². The molecule has 0 saturated carbocycles. The maximum Gasteiger partial charge on any atom is 0.259 e. The van der Waals surface area contributed by atoms with Gasteiger partial charge in [0.2, 0.25) is 0 Å². The second kappa shape index (κ2) is 10.3. The fourth-order valence-electron chi connectivity index (χ4n) is 2.97. The maximum absolute atomic E-state index is 12.6. The molecule has 166 valence electrons. The topological polar surface area (TPSA) is 64.4 Å². The predicted octanol–water partition coefficient (Wildman–Crippen LogP) is 4.56. The molecule has 0 unspecified atom stereocenters. The summed E-state index contributed by atoms with van der Waals surface area (Å²) in [5, 5.41) is 5.00. The van der Waals surface area contributed by atoms with Crippen LogP contribution in [0.3, 0.4) is 0 Å². The number of nitrogens with zero attached hydrogens (tertiary/aromatic N) is 3. The number of carbonyl (C=O) groups excluding carboxylic acids is 2. The number of rotatable bonds is 8. The van der Waals surface area contributed by atoms with Crippen LogP contribution in [0.2, 0.25) is 5.15 Å². The van der Waals surface area contributed by atoms with E-state index in [1.807, 2.05) is 26.0 Å². The van der Waals surface area contributed by atoms with E-state index in [4.69, 9.17) is 16.3 Å². The Bertz CT molecular complexity index is 1130. The largest absolute Gasteiger partial charge is 0.484 e. The van der Waals surface area contributed by atoms with Crippen LogP contribution in [0.25, 0.3) is 6.08 Å². The van der Waals surface area contributed by atoms with Gasteiger partial charge in [-0.25, -0.2) is 4.68 Å². The van der Waals surface area contributed by atoms with Crippen LogP contribution in [0.15, 0.2) is 54.6 Å². The Hall–Kier alpha value is -3.38. The van der Waals surface area contributed by atoms with Crippen molar-refractivity contribution < 1.29 is 14.3 Å². The third kappa shape index (κ3) is 5.86. The van der Waals surface area contributed by atoms with Gasteiger partial charge in [-0.1, -0.05) is 41.4 Å². The quantitative estimate of drug-likeness (QED) is 0.372. The fourth-order valence-corrected chi connectivity index (χ4v) is 3.27. The van der Waals surface area contributed by atoms with Gasteiger partial charge in [0.25, 0.3) is 5.91 Å². The molecule has 1 amide bonds. The van der Waals surface area contributed by atoms with Gasteiger partial charge >= 0.3 is 0 Å². The second-order valence-corrected chi connectivity index (χ2v) is 8.09. The van der Waals surface area contributed by atoms with E-state index in [-0.39, 0.29) is 18.3 Å². The molecule has 0 fully saturated rings. The number of likely N-dealkylation sites (N-methyl/N-ethyl adjacent to an activating group) is 1. The average Bonchev–Trinajstić information content (AvgIpc) is 3.04. The zero-order valence-electron chi connectivity index (χ0n) is 18.6. The molecule has 2 aromatic carbocycles. The summed E-state index contributed by atoms with van der Waals surface area (Å²) in [6, 6.07) is 14.9. The minimum absolute atomic E-state index is 0.0510. The van der Waals surface area contributed by atoms with Crippen molar-refractivity contribution in [3.05, 3.63) is 87.7 Å². The molecule has 0 atom stereocenters. The summed E-state index contributed by atoms with van der Waals surface area (Å²) in [6.45, 7) is 4.41. The molecule has 0 aliphatic rings. The Labute approximate surface area is 193 Å². The molecule has 6 nitrogen and oxygen atoms in total. The summed E-state index contributed by atoms with van der Waals surface area (Å²) in [6.07, 6.45) is 3.18. The van der Waals surface area contributed by atoms with Gasteiger partial charge in [-0.05, 0) is 55.8 Å². The second-order valence-electron chi connectivity index (χ2n) is 7.73. The van der Waals surface area contributed by atoms with Crippen molar-refractivity contribution in [2.75, 3.05) is 20.7 Å². The number of hydrogen-bond acceptors (Lipinski definition) is 4. The lowest BCUT2D eigenvalue weighted by Crippen LogP contribution is -2.27. The summed E-state index contributed by atoms with van der Waals surface area (Å²) in [5.74, 6) is 0.225. The fraction of sp³-hybridized carbons (Fsp3) is 0.240. The number of carbonyl (C=O) groups is 2. The van der Waals surface area contributed by atoms with E-state index in [9.17, 15) is 9.59 Å². The van der Waals surface area contributed by atoms with Gasteiger partial charge in [-0.15, -0.1) is 0 Å². The predicted molar refractivity (Wildman–Crippen MR) is 126 cm³/mol. The minimum atomic E-state index is -0.164. The van der Waals surface area contributed by atoms with Gasteiger partial charge in [-0.2, -0.15) is 5.10 Å². The van der Waals surface area contributed by atoms with E-state index in [0.29, 0.717) is 28.6 Å². The molecule has 3 rings (SSSR count). The number of hydrogen-bond donors (Lipinski definition) is 0. The molecule has 0 saturated heterocycles. The van der Waals surface area contributed by atoms with E-state index >= 15 is 0 Å². The van der Waals surface area contributed by atoms with Gasteiger partial charge in [0.05, 0.1) is 12.2 Å². The number of halogens is 1. The monoisotopic (exact) mass is 451 g/mol. The Balaban J connectivity index is 1.66. The molecule has 0 bridgehead atoms. The van der Waals surface area contributed by atoms with Crippen molar-refractivity contribution in [2.24, 2.45) is 0 Å². The lowest BCUT2D eigenvalue weighted by molar-refractivity contribution is -0.130. The van der Waals surface area contributed by atoms with Gasteiger partial charge < -0.3 is 9.64 Å². The van der Waals surface area contributed by atoms with Crippen LogP contribution in [0.5, 0.6) is 5.75 Å². The molecule has 7 heteroatoms. The normalized spacial score (nSPS) is 11.0. The Kier molecular flexibility index (Phi) is 7.49. The molecule has 0 spiro atoms. The van der Waals surface area contributed by atoms with Crippen LogP contribution in [0, 0.1) is 13.8 Å². The third-order valence-electron chi connectivity index (χ3n) is 4.96. The number of amides is 1. The number of aromatic nitrogens is 2. The molecule has 3 aromatic rings. The number of ketones is 1. The summed E-state index contributed by atoms with van der Waals surface area (Å²) in [5.41, 5.74) is 4.27. The number of ether oxygens (including phenoxy) is 1. The standard InChI is InChI=1S/C25H26ClN3O3/c1-17-5-7-19(8-6-17)15-29-25(26)22(18(2)27-29)13-14-23(30)20-9-11-21(12-10-20)32-16-24(31)28(3)4/h5-14H,15-16H2,1-4H3. The van der Waals surface area contributed by atoms with Crippen LogP contribution in [0.1, 0.15) is 32.7 Å². The van der Waals surface area contributed by atoms with Crippen molar-refractivity contribution in [3.63, 3.8) is 0 Å². The van der Waals surface area contributed by atoms with E-state index in [0.717, 1.165) is 11.3 Å². The number of allylic oxidation sites excluding steroid dienone is 1. The highest BCUT2D eigenvalue weighted by atomic mass is 35.5. The number of benzene rings is 2. The molecule has 0 radical (unpaired) electrons. The highest BCUT2D eigenvalue weighted by Crippen LogP contribution is 2.23. The van der Waals surface area contributed by atoms with Crippen LogP contribution in [-0.2, 0) is 11.3 Å². The van der Waals surface area contributed by atoms with E-state index in [1.54, 1.807) is 49.1 Å². The van der Waals surface area contributed by atoms with Gasteiger partial charge in [0.15, 0.2) is 12.4 Å². The molecule has 0 N–H and O–H groups in total. The summed E-state index contributed by atoms with van der Waals surface area (Å²) >= 11 is 6.53. The third-order valence-corrected chi connectivity index (χ3v) is 5.36. The first-order valence-electron chi connectivity index (χ1n) is 10.2. The first-order valence-corrected chi connectivity index (χ1v) is 10.6. The lowest BCUT2D eigenvalue weighted by atomic mass is 10.1. The first kappa shape index (κ1) is 23.3. The zero-order chi connectivity index (χ0) is 23.3. The van der Waals surface area contributed by atoms with Gasteiger partial charge in [0.1, 0.15) is 10.9 Å². The molecule has 0 aliphatic heterocycles. The summed E-state index contributed by atoms with van der Waals surface area (Å²) in [4.78, 5) is 25.6. The van der Waals surface area contributed by atoms with Crippen LogP contribution in [0.4, 0.5) is 0 Å².